The maximum absolute atomic E-state index is 14.0. The van der Waals surface area contributed by atoms with Crippen LogP contribution < -0.4 is 31.6 Å². The van der Waals surface area contributed by atoms with Crippen LogP contribution in [0.1, 0.15) is 67.7 Å². The molecule has 39 heteroatoms. The van der Waals surface area contributed by atoms with E-state index in [-0.39, 0.29) is 106 Å². The third-order valence-corrected chi connectivity index (χ3v) is 19.2. The SMILES string of the molecule is CC(C)[C@H](NC(=O)CCOCCOCCOCCOCCOCCN1C(=O)C=CC1=O)C(=O)N[C@@H](C)C(=O)Nc1ccc(COC(=O)N(C)Cc2ccccc2C(=O)Nc2nc3c(ncn3C3O[C@@H]4COP(=O)(S)O[C@H]5C[C@H](Oc6ccncn6)C[C@@H]5COP(O)(=S)O[C@@H]3[C@@H]4O)c(=O)[nH]2)cc1. The molecule has 1 saturated carbocycles. The van der Waals surface area contributed by atoms with E-state index in [2.05, 4.69) is 58.4 Å². The highest BCUT2D eigenvalue weighted by Gasteiger charge is 2.51. The molecule has 3 fully saturated rings. The van der Waals surface area contributed by atoms with Crippen LogP contribution >= 0.6 is 25.8 Å². The fourth-order valence-corrected chi connectivity index (χ4v) is 13.8. The molecule has 11 atom stereocenters. The number of anilines is 2. The Hall–Kier alpha value is -7.55. The van der Waals surface area contributed by atoms with Gasteiger partial charge < -0.3 is 73.3 Å². The number of hydrogen-bond acceptors (Lipinski definition) is 27. The molecular weight excluding hydrogens is 1410 g/mol. The number of thiol groups is 1. The molecule has 0 radical (unpaired) electrons. The Labute approximate surface area is 589 Å². The highest BCUT2D eigenvalue weighted by molar-refractivity contribution is 8.44. The van der Waals surface area contributed by atoms with Crippen molar-refractivity contribution in [2.75, 3.05) is 104 Å². The Morgan fingerprint density at radius 2 is 1.49 bits per heavy atom. The molecule has 101 heavy (non-hydrogen) atoms. The minimum atomic E-state index is -4.25. The van der Waals surface area contributed by atoms with Gasteiger partial charge in [-0.15, -0.1) is 0 Å². The fourth-order valence-electron chi connectivity index (χ4n) is 10.7. The lowest BCUT2D eigenvalue weighted by Crippen LogP contribution is -2.53. The van der Waals surface area contributed by atoms with Gasteiger partial charge in [0.15, 0.2) is 17.4 Å². The molecular formula is C62H80N12O23P2S2. The topological polar surface area (TPSA) is 432 Å². The zero-order valence-corrected chi connectivity index (χ0v) is 58.9. The Kier molecular flexibility index (Phi) is 28.5. The molecule has 35 nitrogen and oxygen atoms in total. The van der Waals surface area contributed by atoms with Gasteiger partial charge in [-0.05, 0) is 60.4 Å². The number of ether oxygens (including phenoxy) is 8. The van der Waals surface area contributed by atoms with Crippen molar-refractivity contribution in [1.82, 2.24) is 49.9 Å². The number of carbonyl (C=O) groups is 7. The Morgan fingerprint density at radius 3 is 2.16 bits per heavy atom. The van der Waals surface area contributed by atoms with Gasteiger partial charge in [-0.3, -0.25) is 66.9 Å². The number of aromatic amines is 1. The summed E-state index contributed by atoms with van der Waals surface area (Å²) in [7, 11) is 1.46. The van der Waals surface area contributed by atoms with Crippen molar-refractivity contribution in [3.8, 4) is 5.88 Å². The Bertz CT molecular complexity index is 3860. The van der Waals surface area contributed by atoms with Gasteiger partial charge >= 0.3 is 19.6 Å². The highest BCUT2D eigenvalue weighted by atomic mass is 32.7. The number of hydrogen-bond donors (Lipinski definition) is 8. The normalized spacial score (nSPS) is 23.5. The molecule has 2 aromatic carbocycles. The minimum Gasteiger partial charge on any atom is -0.474 e. The van der Waals surface area contributed by atoms with Gasteiger partial charge in [0.25, 0.3) is 23.3 Å². The predicted molar refractivity (Wildman–Crippen MR) is 362 cm³/mol. The lowest BCUT2D eigenvalue weighted by atomic mass is 10.0. The molecule has 3 aliphatic heterocycles. The number of imide groups is 1. The largest absolute Gasteiger partial charge is 0.474 e. The van der Waals surface area contributed by atoms with Crippen LogP contribution in [0.4, 0.5) is 16.4 Å². The number of aliphatic hydroxyl groups is 1. The van der Waals surface area contributed by atoms with Crippen LogP contribution in [0.5, 0.6) is 5.88 Å². The van der Waals surface area contributed by atoms with Crippen LogP contribution in [0.2, 0.25) is 0 Å². The van der Waals surface area contributed by atoms with Crippen LogP contribution in [0.3, 0.4) is 0 Å². The van der Waals surface area contributed by atoms with Crippen molar-refractivity contribution in [2.45, 2.75) is 102 Å². The molecule has 9 rings (SSSR count). The summed E-state index contributed by atoms with van der Waals surface area (Å²) in [5.41, 5.74) is 0.212. The van der Waals surface area contributed by atoms with Crippen LogP contribution in [-0.2, 0) is 105 Å². The lowest BCUT2D eigenvalue weighted by Gasteiger charge is -2.27. The molecule has 3 aromatic heterocycles. The van der Waals surface area contributed by atoms with Crippen LogP contribution in [0.25, 0.3) is 11.2 Å². The summed E-state index contributed by atoms with van der Waals surface area (Å²) >= 11 is 9.65. The first-order chi connectivity index (χ1) is 48.4. The number of aromatic nitrogens is 6. The smallest absolute Gasteiger partial charge is 0.410 e. The molecule has 7 amide bonds. The van der Waals surface area contributed by atoms with Crippen LogP contribution in [0, 0.1) is 11.8 Å². The third kappa shape index (κ3) is 22.7. The first-order valence-electron chi connectivity index (χ1n) is 32.1. The monoisotopic (exact) mass is 1490 g/mol. The molecule has 6 heterocycles. The summed E-state index contributed by atoms with van der Waals surface area (Å²) in [5.74, 6) is -3.91. The van der Waals surface area contributed by atoms with Crippen molar-refractivity contribution in [2.24, 2.45) is 11.8 Å². The second-order valence-corrected chi connectivity index (χ2v) is 29.4. The summed E-state index contributed by atoms with van der Waals surface area (Å²) < 4.78 is 83.3. The van der Waals surface area contributed by atoms with Gasteiger partial charge in [-0.2, -0.15) is 4.98 Å². The molecule has 2 saturated heterocycles. The lowest BCUT2D eigenvalue weighted by molar-refractivity contribution is -0.137. The Morgan fingerprint density at radius 1 is 0.812 bits per heavy atom. The fraction of sp³-hybridized carbons (Fsp3) is 0.516. The number of benzene rings is 2. The molecule has 0 spiro atoms. The highest BCUT2D eigenvalue weighted by Crippen LogP contribution is 2.58. The summed E-state index contributed by atoms with van der Waals surface area (Å²) in [6.07, 6.45) is -1.07. The zero-order valence-electron chi connectivity index (χ0n) is 55.4. The van der Waals surface area contributed by atoms with Crippen molar-refractivity contribution in [3.05, 3.63) is 113 Å². The van der Waals surface area contributed by atoms with E-state index in [1.807, 2.05) is 0 Å². The van der Waals surface area contributed by atoms with E-state index in [4.69, 9.17) is 67.8 Å². The number of amides is 7. The number of aliphatic hydroxyl groups excluding tert-OH is 1. The second-order valence-electron chi connectivity index (χ2n) is 23.8. The van der Waals surface area contributed by atoms with Gasteiger partial charge in [0.2, 0.25) is 29.5 Å². The predicted octanol–water partition coefficient (Wildman–Crippen LogP) is 3.10. The van der Waals surface area contributed by atoms with Crippen LogP contribution in [0.15, 0.2) is 90.4 Å². The maximum atomic E-state index is 14.0. The molecule has 1 aliphatic carbocycles. The molecule has 2 bridgehead atoms. The van der Waals surface area contributed by atoms with E-state index < -0.39 is 110 Å². The van der Waals surface area contributed by atoms with E-state index in [9.17, 15) is 52.9 Å². The summed E-state index contributed by atoms with van der Waals surface area (Å²) in [6, 6.07) is 12.4. The third-order valence-electron chi connectivity index (χ3n) is 16.0. The first-order valence-corrected chi connectivity index (χ1v) is 37.4. The van der Waals surface area contributed by atoms with Gasteiger partial charge in [-0.25, -0.2) is 24.3 Å². The van der Waals surface area contributed by atoms with Crippen molar-refractivity contribution in [1.29, 1.82) is 0 Å². The van der Waals surface area contributed by atoms with E-state index >= 15 is 0 Å². The summed E-state index contributed by atoms with van der Waals surface area (Å²) in [4.78, 5) is 136. The molecule has 4 aliphatic rings. The molecule has 3 unspecified atom stereocenters. The molecule has 5 aromatic rings. The van der Waals surface area contributed by atoms with Gasteiger partial charge in [0.1, 0.15) is 49.4 Å². The summed E-state index contributed by atoms with van der Waals surface area (Å²) in [6.45, 7) is -1.60. The first kappa shape index (κ1) is 77.6. The van der Waals surface area contributed by atoms with Gasteiger partial charge in [0, 0.05) is 68.0 Å². The van der Waals surface area contributed by atoms with E-state index in [1.54, 1.807) is 62.4 Å². The zero-order chi connectivity index (χ0) is 72.2. The van der Waals surface area contributed by atoms with E-state index in [1.165, 1.54) is 54.2 Å². The number of nitrogens with zero attached hydrogens (tertiary/aromatic N) is 7. The Balaban J connectivity index is 0.680. The maximum Gasteiger partial charge on any atom is 0.410 e. The number of H-pyrrole nitrogens is 1. The standard InChI is InChI=1S/C62H80N12O23P2S2/c1-37(2)51(68-47(75)16-19-86-21-23-88-25-27-90-28-26-89-24-22-87-20-18-73-49(76)13-14-50(73)77)58(81)66-38(3)56(79)67-42-11-9-39(10-12-42)32-91-62(83)72(4)31-40-7-5-6-8-44(40)57(80)70-61-69-55-52(59(82)71-61)65-36-74(55)60-54-53(78)46(95-60)34-93-98(84,100)96-45-30-43(94-48-15-17-63-35-64-48)29-41(45)33-92-99(85,101)97-54/h5-15,17,35-38,41,43,45-46,51,53-54,60,78H,16,18-34H2,1-4H3,(H,66,81)(H,67,79)(H,68,75)(H,84,100)(H,85,101)(H2,69,70,71,80,82)/t38-,41+,43+,45-,46+,51-,53+,54+,60?,98?,99?/m0/s1. The second kappa shape index (κ2) is 37.1. The van der Waals surface area contributed by atoms with Gasteiger partial charge in [0.05, 0.1) is 98.3 Å². The minimum absolute atomic E-state index is 0.0242. The van der Waals surface area contributed by atoms with Gasteiger partial charge in [-0.1, -0.05) is 56.4 Å². The van der Waals surface area contributed by atoms with Crippen molar-refractivity contribution in [3.63, 3.8) is 0 Å². The quantitative estimate of drug-likeness (QED) is 0.0129. The number of nitrogens with one attached hydrogen (secondary N) is 5. The summed E-state index contributed by atoms with van der Waals surface area (Å²) in [5, 5.41) is 22.3. The average Bonchev–Trinajstić information content (AvgIpc) is 1.61. The number of imidazole rings is 1. The van der Waals surface area contributed by atoms with Crippen molar-refractivity contribution >= 4 is 102 Å². The van der Waals surface area contributed by atoms with Crippen LogP contribution in [-0.4, -0.2) is 226 Å². The number of fused-ring (bicyclic) bond motifs is 4. The number of carbonyl (C=O) groups excluding carboxylic acids is 7. The number of rotatable bonds is 33. The molecule has 548 valence electrons. The van der Waals surface area contributed by atoms with E-state index in [0.717, 1.165) is 11.2 Å². The van der Waals surface area contributed by atoms with Crippen molar-refractivity contribution < 1.29 is 104 Å². The average molecular weight is 1490 g/mol. The molecule has 7 N–H and O–H groups in total. The van der Waals surface area contributed by atoms with E-state index in [0.29, 0.717) is 68.8 Å².